The molecule has 2 aromatic rings. The minimum Gasteiger partial charge on any atom is -0.352 e. The summed E-state index contributed by atoms with van der Waals surface area (Å²) in [5, 5.41) is 5.39. The number of hydrogen-bond donors (Lipinski definition) is 2. The van der Waals surface area contributed by atoms with Gasteiger partial charge in [-0.3, -0.25) is 9.59 Å². The molecular weight excluding hydrogens is 470 g/mol. The van der Waals surface area contributed by atoms with Crippen LogP contribution in [0.3, 0.4) is 0 Å². The lowest BCUT2D eigenvalue weighted by atomic mass is 10.1. The first-order valence-corrected chi connectivity index (χ1v) is 13.4. The predicted molar refractivity (Wildman–Crippen MR) is 126 cm³/mol. The standard InChI is InChI=1S/C22H28ClN3O4S2/c1-2-20(22(28)25-17-6-3-4-7-17)26(15-18-8-5-13-31-18)21(27)14-24-32(29,30)19-11-9-16(23)10-12-19/h5,8-13,17,20,24H,2-4,6-7,14-15H2,1H3,(H,25,28). The lowest BCUT2D eigenvalue weighted by Crippen LogP contribution is -2.52. The van der Waals surface area contributed by atoms with Gasteiger partial charge in [-0.05, 0) is 55.0 Å². The van der Waals surface area contributed by atoms with Crippen LogP contribution in [0.2, 0.25) is 5.02 Å². The highest BCUT2D eigenvalue weighted by Gasteiger charge is 2.31. The predicted octanol–water partition coefficient (Wildman–Crippen LogP) is 3.55. The summed E-state index contributed by atoms with van der Waals surface area (Å²) in [4.78, 5) is 28.6. The Kier molecular flexibility index (Phi) is 8.70. The van der Waals surface area contributed by atoms with Crippen LogP contribution in [0.1, 0.15) is 43.9 Å². The van der Waals surface area contributed by atoms with E-state index in [-0.39, 0.29) is 23.4 Å². The molecule has 2 N–H and O–H groups in total. The quantitative estimate of drug-likeness (QED) is 0.524. The molecule has 0 spiro atoms. The van der Waals surface area contributed by atoms with Gasteiger partial charge >= 0.3 is 0 Å². The number of nitrogens with zero attached hydrogens (tertiary/aromatic N) is 1. The van der Waals surface area contributed by atoms with Crippen molar-refractivity contribution in [2.45, 2.75) is 62.6 Å². The first kappa shape index (κ1) is 24.7. The third kappa shape index (κ3) is 6.54. The van der Waals surface area contributed by atoms with Crippen LogP contribution in [0.4, 0.5) is 0 Å². The minimum absolute atomic E-state index is 0.0190. The fourth-order valence-corrected chi connectivity index (χ4v) is 5.62. The summed E-state index contributed by atoms with van der Waals surface area (Å²) in [6, 6.07) is 8.94. The molecule has 0 bridgehead atoms. The zero-order valence-electron chi connectivity index (χ0n) is 17.9. The van der Waals surface area contributed by atoms with E-state index in [4.69, 9.17) is 11.6 Å². The molecular formula is C22H28ClN3O4S2. The van der Waals surface area contributed by atoms with Crippen LogP contribution in [-0.2, 0) is 26.2 Å². The maximum Gasteiger partial charge on any atom is 0.243 e. The van der Waals surface area contributed by atoms with Crippen molar-refractivity contribution in [1.82, 2.24) is 14.9 Å². The number of sulfonamides is 1. The largest absolute Gasteiger partial charge is 0.352 e. The van der Waals surface area contributed by atoms with Crippen LogP contribution < -0.4 is 10.0 Å². The fourth-order valence-electron chi connectivity index (χ4n) is 3.81. The van der Waals surface area contributed by atoms with Crippen molar-refractivity contribution >= 4 is 44.8 Å². The van der Waals surface area contributed by atoms with Crippen LogP contribution in [-0.4, -0.2) is 43.8 Å². The molecule has 1 aromatic heterocycles. The van der Waals surface area contributed by atoms with Crippen molar-refractivity contribution in [1.29, 1.82) is 0 Å². The zero-order valence-corrected chi connectivity index (χ0v) is 20.3. The highest BCUT2D eigenvalue weighted by atomic mass is 35.5. The average molecular weight is 498 g/mol. The third-order valence-electron chi connectivity index (χ3n) is 5.53. The highest BCUT2D eigenvalue weighted by Crippen LogP contribution is 2.20. The number of hydrogen-bond acceptors (Lipinski definition) is 5. The van der Waals surface area contributed by atoms with Gasteiger partial charge < -0.3 is 10.2 Å². The second-order valence-electron chi connectivity index (χ2n) is 7.79. The molecule has 1 aliphatic carbocycles. The number of rotatable bonds is 10. The van der Waals surface area contributed by atoms with Crippen molar-refractivity contribution in [2.75, 3.05) is 6.54 Å². The number of carbonyl (C=O) groups is 2. The van der Waals surface area contributed by atoms with E-state index in [1.54, 1.807) is 0 Å². The molecule has 1 fully saturated rings. The van der Waals surface area contributed by atoms with Gasteiger partial charge in [-0.1, -0.05) is 37.4 Å². The lowest BCUT2D eigenvalue weighted by Gasteiger charge is -2.31. The zero-order chi connectivity index (χ0) is 23.1. The van der Waals surface area contributed by atoms with E-state index in [0.29, 0.717) is 11.4 Å². The highest BCUT2D eigenvalue weighted by molar-refractivity contribution is 7.89. The summed E-state index contributed by atoms with van der Waals surface area (Å²) in [6.45, 7) is 1.66. The maximum absolute atomic E-state index is 13.1. The van der Waals surface area contributed by atoms with Gasteiger partial charge in [0.15, 0.2) is 0 Å². The van der Waals surface area contributed by atoms with Crippen LogP contribution in [0.15, 0.2) is 46.7 Å². The molecule has 7 nitrogen and oxygen atoms in total. The molecule has 1 heterocycles. The first-order chi connectivity index (χ1) is 15.3. The number of halogens is 1. The summed E-state index contributed by atoms with van der Waals surface area (Å²) in [5.41, 5.74) is 0. The molecule has 32 heavy (non-hydrogen) atoms. The molecule has 1 aromatic carbocycles. The van der Waals surface area contributed by atoms with E-state index in [1.807, 2.05) is 24.4 Å². The summed E-state index contributed by atoms with van der Waals surface area (Å²) >= 11 is 7.31. The van der Waals surface area contributed by atoms with Gasteiger partial charge in [-0.2, -0.15) is 0 Å². The second kappa shape index (κ2) is 11.3. The first-order valence-electron chi connectivity index (χ1n) is 10.7. The molecule has 1 unspecified atom stereocenters. The molecule has 174 valence electrons. The SMILES string of the molecule is CCC(C(=O)NC1CCCC1)N(Cc1cccs1)C(=O)CNS(=O)(=O)c1ccc(Cl)cc1. The Labute approximate surface area is 198 Å². The van der Waals surface area contributed by atoms with E-state index in [9.17, 15) is 18.0 Å². The summed E-state index contributed by atoms with van der Waals surface area (Å²) in [5.74, 6) is -0.644. The van der Waals surface area contributed by atoms with Crippen molar-refractivity contribution in [2.24, 2.45) is 0 Å². The second-order valence-corrected chi connectivity index (χ2v) is 11.0. The van der Waals surface area contributed by atoms with Gasteiger partial charge in [0.1, 0.15) is 6.04 Å². The van der Waals surface area contributed by atoms with E-state index >= 15 is 0 Å². The molecule has 1 atom stereocenters. The molecule has 0 saturated heterocycles. The number of nitrogens with one attached hydrogen (secondary N) is 2. The summed E-state index contributed by atoms with van der Waals surface area (Å²) in [6.07, 6.45) is 4.50. The molecule has 10 heteroatoms. The van der Waals surface area contributed by atoms with Gasteiger partial charge in [0.25, 0.3) is 0 Å². The monoisotopic (exact) mass is 497 g/mol. The van der Waals surface area contributed by atoms with Crippen molar-refractivity contribution in [3.05, 3.63) is 51.7 Å². The Balaban J connectivity index is 1.73. The van der Waals surface area contributed by atoms with Crippen molar-refractivity contribution in [3.63, 3.8) is 0 Å². The van der Waals surface area contributed by atoms with Crippen LogP contribution in [0, 0.1) is 0 Å². The molecule has 3 rings (SSSR count). The Hall–Kier alpha value is -1.94. The van der Waals surface area contributed by atoms with Gasteiger partial charge in [-0.25, -0.2) is 13.1 Å². The Morgan fingerprint density at radius 2 is 1.88 bits per heavy atom. The molecule has 1 aliphatic rings. The van der Waals surface area contributed by atoms with Crippen molar-refractivity contribution < 1.29 is 18.0 Å². The Morgan fingerprint density at radius 3 is 2.47 bits per heavy atom. The van der Waals surface area contributed by atoms with Gasteiger partial charge in [0.05, 0.1) is 18.0 Å². The van der Waals surface area contributed by atoms with Crippen LogP contribution in [0.25, 0.3) is 0 Å². The molecule has 2 amide bonds. The minimum atomic E-state index is -3.89. The molecule has 0 radical (unpaired) electrons. The van der Waals surface area contributed by atoms with E-state index in [2.05, 4.69) is 10.0 Å². The molecule has 1 saturated carbocycles. The third-order valence-corrected chi connectivity index (χ3v) is 8.06. The van der Waals surface area contributed by atoms with E-state index in [1.165, 1.54) is 40.5 Å². The van der Waals surface area contributed by atoms with E-state index < -0.39 is 28.5 Å². The topological polar surface area (TPSA) is 95.6 Å². The van der Waals surface area contributed by atoms with Gasteiger partial charge in [0, 0.05) is 15.9 Å². The number of thiophene rings is 1. The maximum atomic E-state index is 13.1. The number of carbonyl (C=O) groups excluding carboxylic acids is 2. The van der Waals surface area contributed by atoms with Gasteiger partial charge in [0.2, 0.25) is 21.8 Å². The van der Waals surface area contributed by atoms with Crippen LogP contribution >= 0.6 is 22.9 Å². The van der Waals surface area contributed by atoms with Gasteiger partial charge in [-0.15, -0.1) is 11.3 Å². The Morgan fingerprint density at radius 1 is 1.19 bits per heavy atom. The lowest BCUT2D eigenvalue weighted by molar-refractivity contribution is -0.140. The Bertz CT molecular complexity index is 1000. The van der Waals surface area contributed by atoms with Crippen LogP contribution in [0.5, 0.6) is 0 Å². The summed E-state index contributed by atoms with van der Waals surface area (Å²) < 4.78 is 27.5. The van der Waals surface area contributed by atoms with E-state index in [0.717, 1.165) is 30.6 Å². The number of benzene rings is 1. The normalized spacial score (nSPS) is 15.4. The fraction of sp³-hybridized carbons (Fsp3) is 0.455. The smallest absolute Gasteiger partial charge is 0.243 e. The average Bonchev–Trinajstić information content (AvgIpc) is 3.46. The molecule has 0 aliphatic heterocycles. The van der Waals surface area contributed by atoms with Crippen molar-refractivity contribution in [3.8, 4) is 0 Å². The summed E-state index contributed by atoms with van der Waals surface area (Å²) in [7, 11) is -3.89. The number of amides is 2.